The van der Waals surface area contributed by atoms with Gasteiger partial charge in [0.05, 0.1) is 17.8 Å². The van der Waals surface area contributed by atoms with Crippen molar-refractivity contribution in [1.82, 2.24) is 4.57 Å². The third-order valence-electron chi connectivity index (χ3n) is 3.74. The lowest BCUT2D eigenvalue weighted by Crippen LogP contribution is -2.26. The molecular weight excluding hydrogens is 394 g/mol. The Labute approximate surface area is 151 Å². The molecule has 1 heterocycles. The average molecular weight is 410 g/mol. The summed E-state index contributed by atoms with van der Waals surface area (Å²) < 4.78 is 6.23. The maximum Gasteiger partial charge on any atom is 0.335 e. The van der Waals surface area contributed by atoms with Crippen LogP contribution < -0.4 is 5.56 Å². The molecule has 0 aliphatic heterocycles. The smallest absolute Gasteiger partial charge is 0.335 e. The number of carbonyl (C=O) groups excluding carboxylic acids is 1. The van der Waals surface area contributed by atoms with E-state index in [1.165, 1.54) is 23.6 Å². The topological polar surface area (TPSA) is 106 Å². The molecule has 25 heavy (non-hydrogen) atoms. The van der Waals surface area contributed by atoms with Crippen LogP contribution >= 0.6 is 15.9 Å². The van der Waals surface area contributed by atoms with Crippen molar-refractivity contribution in [2.75, 3.05) is 0 Å². The highest BCUT2D eigenvalue weighted by Crippen LogP contribution is 2.23. The molecule has 0 aliphatic rings. The number of nitrogens with zero attached hydrogens (tertiary/aromatic N) is 1. The zero-order chi connectivity index (χ0) is 18.7. The van der Waals surface area contributed by atoms with E-state index in [9.17, 15) is 24.6 Å². The number of carboxylic acid groups (broad SMARTS) is 1. The van der Waals surface area contributed by atoms with Crippen LogP contribution in [0.2, 0.25) is 0 Å². The molecular formula is C17H16BrNO6. The van der Waals surface area contributed by atoms with Crippen molar-refractivity contribution in [2.45, 2.75) is 27.0 Å². The molecule has 0 radical (unpaired) electrons. The first kappa shape index (κ1) is 18.7. The van der Waals surface area contributed by atoms with Crippen molar-refractivity contribution in [2.24, 2.45) is 0 Å². The second-order valence-electron chi connectivity index (χ2n) is 5.40. The monoisotopic (exact) mass is 409 g/mol. The van der Waals surface area contributed by atoms with Gasteiger partial charge in [-0.3, -0.25) is 9.59 Å². The Kier molecular flexibility index (Phi) is 5.63. The molecule has 1 aromatic heterocycles. The molecule has 132 valence electrons. The number of aromatic hydroxyl groups is 1. The Morgan fingerprint density at radius 3 is 2.60 bits per heavy atom. The fraction of sp³-hybridized carbons (Fsp3) is 0.235. The van der Waals surface area contributed by atoms with Gasteiger partial charge in [-0.2, -0.15) is 0 Å². The normalized spacial score (nSPS) is 10.5. The number of benzene rings is 1. The van der Waals surface area contributed by atoms with Gasteiger partial charge in [0.2, 0.25) is 0 Å². The first-order chi connectivity index (χ1) is 11.7. The van der Waals surface area contributed by atoms with Gasteiger partial charge >= 0.3 is 11.9 Å². The van der Waals surface area contributed by atoms with Crippen LogP contribution in [0.1, 0.15) is 34.1 Å². The minimum absolute atomic E-state index is 0.0221. The van der Waals surface area contributed by atoms with Gasteiger partial charge < -0.3 is 19.5 Å². The van der Waals surface area contributed by atoms with E-state index in [4.69, 9.17) is 4.74 Å². The summed E-state index contributed by atoms with van der Waals surface area (Å²) in [6.07, 6.45) is 0. The second-order valence-corrected chi connectivity index (χ2v) is 6.19. The zero-order valence-electron chi connectivity index (χ0n) is 13.6. The first-order valence-electron chi connectivity index (χ1n) is 7.28. The lowest BCUT2D eigenvalue weighted by atomic mass is 10.0. The molecule has 0 spiro atoms. The minimum Gasteiger partial charge on any atom is -0.506 e. The van der Waals surface area contributed by atoms with Gasteiger partial charge in [0, 0.05) is 13.0 Å². The number of hydrogen-bond donors (Lipinski definition) is 2. The number of ether oxygens (including phenoxy) is 1. The van der Waals surface area contributed by atoms with E-state index in [2.05, 4.69) is 15.9 Å². The van der Waals surface area contributed by atoms with Gasteiger partial charge in [0.15, 0.2) is 0 Å². The molecule has 0 atom stereocenters. The summed E-state index contributed by atoms with van der Waals surface area (Å²) in [6, 6.07) is 6.11. The molecule has 1 aromatic carbocycles. The molecule has 0 aliphatic carbocycles. The SMILES string of the molecule is CC(=O)OCc1cc(O)c(Br)c(=O)n1Cc1cccc(C(=O)O)c1C. The van der Waals surface area contributed by atoms with Gasteiger partial charge in [-0.25, -0.2) is 4.79 Å². The van der Waals surface area contributed by atoms with Crippen LogP contribution in [-0.2, 0) is 22.7 Å². The van der Waals surface area contributed by atoms with Crippen molar-refractivity contribution in [3.63, 3.8) is 0 Å². The summed E-state index contributed by atoms with van der Waals surface area (Å²) in [4.78, 5) is 34.8. The molecule has 0 bridgehead atoms. The summed E-state index contributed by atoms with van der Waals surface area (Å²) in [5.41, 5.74) is 1.08. The predicted octanol–water partition coefficient (Wildman–Crippen LogP) is 2.43. The number of esters is 1. The van der Waals surface area contributed by atoms with Crippen LogP contribution in [0.4, 0.5) is 0 Å². The highest BCUT2D eigenvalue weighted by atomic mass is 79.9. The molecule has 0 amide bonds. The molecule has 2 rings (SSSR count). The fourth-order valence-corrected chi connectivity index (χ4v) is 2.71. The Morgan fingerprint density at radius 2 is 2.00 bits per heavy atom. The van der Waals surface area contributed by atoms with Gasteiger partial charge in [0.25, 0.3) is 5.56 Å². The third kappa shape index (κ3) is 4.08. The number of pyridine rings is 1. The Morgan fingerprint density at radius 1 is 1.32 bits per heavy atom. The van der Waals surface area contributed by atoms with Gasteiger partial charge in [-0.1, -0.05) is 12.1 Å². The van der Waals surface area contributed by atoms with Crippen LogP contribution in [-0.4, -0.2) is 26.7 Å². The molecule has 8 heteroatoms. The molecule has 0 unspecified atom stereocenters. The lowest BCUT2D eigenvalue weighted by Gasteiger charge is -2.16. The first-order valence-corrected chi connectivity index (χ1v) is 8.08. The van der Waals surface area contributed by atoms with Crippen LogP contribution in [0.3, 0.4) is 0 Å². The number of carbonyl (C=O) groups is 2. The number of hydrogen-bond acceptors (Lipinski definition) is 5. The number of aromatic carboxylic acids is 1. The summed E-state index contributed by atoms with van der Waals surface area (Å²) in [5, 5.41) is 19.1. The standard InChI is InChI=1S/C17H16BrNO6/c1-9-11(4-3-5-13(9)17(23)24)7-19-12(8-25-10(2)20)6-14(21)15(18)16(19)22/h3-6,21H,7-8H2,1-2H3,(H,23,24). The molecule has 0 fully saturated rings. The van der Waals surface area contributed by atoms with Crippen LogP contribution in [0.15, 0.2) is 33.5 Å². The lowest BCUT2D eigenvalue weighted by molar-refractivity contribution is -0.142. The summed E-state index contributed by atoms with van der Waals surface area (Å²) in [6.45, 7) is 2.77. The van der Waals surface area contributed by atoms with Crippen molar-refractivity contribution < 1.29 is 24.5 Å². The average Bonchev–Trinajstić information content (AvgIpc) is 2.55. The Balaban J connectivity index is 2.53. The van der Waals surface area contributed by atoms with Crippen molar-refractivity contribution in [3.05, 3.63) is 61.5 Å². The van der Waals surface area contributed by atoms with E-state index in [0.29, 0.717) is 16.8 Å². The van der Waals surface area contributed by atoms with E-state index in [1.54, 1.807) is 19.1 Å². The van der Waals surface area contributed by atoms with E-state index in [0.717, 1.165) is 0 Å². The van der Waals surface area contributed by atoms with E-state index >= 15 is 0 Å². The summed E-state index contributed by atoms with van der Waals surface area (Å²) in [7, 11) is 0. The third-order valence-corrected chi connectivity index (χ3v) is 4.48. The highest BCUT2D eigenvalue weighted by Gasteiger charge is 2.16. The molecule has 0 saturated carbocycles. The van der Waals surface area contributed by atoms with E-state index in [1.807, 2.05) is 0 Å². The molecule has 2 N–H and O–H groups in total. The predicted molar refractivity (Wildman–Crippen MR) is 92.8 cm³/mol. The Bertz CT molecular complexity index is 903. The molecule has 0 saturated heterocycles. The van der Waals surface area contributed by atoms with Gasteiger partial charge in [0.1, 0.15) is 16.8 Å². The minimum atomic E-state index is -1.06. The van der Waals surface area contributed by atoms with Gasteiger partial charge in [-0.15, -0.1) is 0 Å². The zero-order valence-corrected chi connectivity index (χ0v) is 15.2. The highest BCUT2D eigenvalue weighted by molar-refractivity contribution is 9.10. The van der Waals surface area contributed by atoms with Crippen molar-refractivity contribution in [3.8, 4) is 5.75 Å². The van der Waals surface area contributed by atoms with Crippen molar-refractivity contribution in [1.29, 1.82) is 0 Å². The maximum atomic E-state index is 12.5. The number of halogens is 1. The molecule has 2 aromatic rings. The maximum absolute atomic E-state index is 12.5. The van der Waals surface area contributed by atoms with E-state index < -0.39 is 17.5 Å². The van der Waals surface area contributed by atoms with Gasteiger partial charge in [-0.05, 0) is 40.0 Å². The fourth-order valence-electron chi connectivity index (χ4n) is 2.38. The largest absolute Gasteiger partial charge is 0.506 e. The van der Waals surface area contributed by atoms with E-state index in [-0.39, 0.29) is 28.9 Å². The summed E-state index contributed by atoms with van der Waals surface area (Å²) in [5.74, 6) is -1.84. The quantitative estimate of drug-likeness (QED) is 0.734. The van der Waals surface area contributed by atoms with Crippen LogP contribution in [0.25, 0.3) is 0 Å². The van der Waals surface area contributed by atoms with Crippen molar-refractivity contribution >= 4 is 27.9 Å². The Hall–Kier alpha value is -2.61. The summed E-state index contributed by atoms with van der Waals surface area (Å²) >= 11 is 3.03. The number of carboxylic acids is 1. The number of aromatic nitrogens is 1. The molecule has 7 nitrogen and oxygen atoms in total. The number of rotatable bonds is 5. The van der Waals surface area contributed by atoms with Crippen LogP contribution in [0, 0.1) is 6.92 Å². The second kappa shape index (κ2) is 7.52. The van der Waals surface area contributed by atoms with Crippen LogP contribution in [0.5, 0.6) is 5.75 Å².